The molecule has 0 atom stereocenters. The molecule has 3 N–H and O–H groups in total. The summed E-state index contributed by atoms with van der Waals surface area (Å²) in [6, 6.07) is 15.4. The van der Waals surface area contributed by atoms with Crippen LogP contribution in [0, 0.1) is 22.7 Å². The molecular formula is C16H10N6O. The van der Waals surface area contributed by atoms with Crippen molar-refractivity contribution >= 4 is 22.4 Å². The molecule has 0 saturated carbocycles. The second-order valence-electron chi connectivity index (χ2n) is 4.66. The lowest BCUT2D eigenvalue weighted by molar-refractivity contribution is 0.475. The number of phenolic OH excluding ortho intramolecular Hbond substituents is 1. The van der Waals surface area contributed by atoms with Gasteiger partial charge in [-0.25, -0.2) is 4.98 Å². The van der Waals surface area contributed by atoms with Gasteiger partial charge in [-0.15, -0.1) is 0 Å². The van der Waals surface area contributed by atoms with E-state index in [2.05, 4.69) is 20.5 Å². The Labute approximate surface area is 131 Å². The zero-order valence-electron chi connectivity index (χ0n) is 11.8. The summed E-state index contributed by atoms with van der Waals surface area (Å²) in [6.45, 7) is 0. The molecule has 7 heteroatoms. The monoisotopic (exact) mass is 302 g/mol. The molecule has 0 saturated heterocycles. The molecule has 110 valence electrons. The molecule has 1 aromatic heterocycles. The smallest absolute Gasteiger partial charge is 0.237 e. The van der Waals surface area contributed by atoms with E-state index in [9.17, 15) is 5.11 Å². The van der Waals surface area contributed by atoms with Gasteiger partial charge in [0.1, 0.15) is 23.7 Å². The van der Waals surface area contributed by atoms with Crippen molar-refractivity contribution in [3.05, 3.63) is 42.5 Å². The van der Waals surface area contributed by atoms with Crippen LogP contribution in [0.25, 0.3) is 22.4 Å². The van der Waals surface area contributed by atoms with Crippen LogP contribution < -0.4 is 5.43 Å². The van der Waals surface area contributed by atoms with Crippen LogP contribution in [-0.4, -0.2) is 20.8 Å². The fraction of sp³-hybridized carbons (Fsp3) is 0. The fourth-order valence-electron chi connectivity index (χ4n) is 2.03. The van der Waals surface area contributed by atoms with Gasteiger partial charge < -0.3 is 10.1 Å². The van der Waals surface area contributed by atoms with E-state index in [-0.39, 0.29) is 11.5 Å². The third-order valence-electron chi connectivity index (χ3n) is 3.13. The molecule has 0 fully saturated rings. The van der Waals surface area contributed by atoms with Gasteiger partial charge in [0.05, 0.1) is 16.7 Å². The molecular weight excluding hydrogens is 292 g/mol. The third-order valence-corrected chi connectivity index (χ3v) is 3.13. The van der Waals surface area contributed by atoms with Crippen molar-refractivity contribution in [3.8, 4) is 29.3 Å². The van der Waals surface area contributed by atoms with Gasteiger partial charge in [-0.1, -0.05) is 0 Å². The van der Waals surface area contributed by atoms with Crippen LogP contribution in [-0.2, 0) is 0 Å². The lowest BCUT2D eigenvalue weighted by Gasteiger charge is -1.98. The Morgan fingerprint density at radius 1 is 1.13 bits per heavy atom. The highest BCUT2D eigenvalue weighted by Gasteiger charge is 2.06. The number of nitriles is 2. The summed E-state index contributed by atoms with van der Waals surface area (Å²) in [4.78, 5) is 7.65. The molecule has 1 heterocycles. The average Bonchev–Trinajstić information content (AvgIpc) is 2.99. The highest BCUT2D eigenvalue weighted by molar-refractivity contribution is 6.10. The molecule has 23 heavy (non-hydrogen) atoms. The van der Waals surface area contributed by atoms with Crippen LogP contribution in [0.3, 0.4) is 0 Å². The molecule has 0 spiro atoms. The number of aromatic hydroxyl groups is 1. The number of nitrogens with one attached hydrogen (secondary N) is 2. The number of rotatable bonds is 3. The van der Waals surface area contributed by atoms with Gasteiger partial charge in [-0.2, -0.15) is 15.6 Å². The Hall–Kier alpha value is -3.84. The van der Waals surface area contributed by atoms with Gasteiger partial charge in [0.25, 0.3) is 0 Å². The number of nitrogens with zero attached hydrogens (tertiary/aromatic N) is 4. The van der Waals surface area contributed by atoms with Crippen molar-refractivity contribution in [1.82, 2.24) is 9.97 Å². The third kappa shape index (κ3) is 2.94. The fourth-order valence-corrected chi connectivity index (χ4v) is 2.03. The average molecular weight is 302 g/mol. The van der Waals surface area contributed by atoms with Crippen molar-refractivity contribution in [2.45, 2.75) is 0 Å². The van der Waals surface area contributed by atoms with E-state index in [0.29, 0.717) is 11.5 Å². The van der Waals surface area contributed by atoms with E-state index in [1.165, 1.54) is 0 Å². The molecule has 0 aliphatic heterocycles. The van der Waals surface area contributed by atoms with Crippen LogP contribution in [0.15, 0.2) is 47.6 Å². The Morgan fingerprint density at radius 2 is 1.87 bits per heavy atom. The Morgan fingerprint density at radius 3 is 2.57 bits per heavy atom. The topological polar surface area (TPSA) is 121 Å². The second-order valence-corrected chi connectivity index (χ2v) is 4.66. The van der Waals surface area contributed by atoms with Gasteiger partial charge in [0.15, 0.2) is 0 Å². The Kier molecular flexibility index (Phi) is 3.61. The number of imidazole rings is 1. The molecule has 0 aliphatic rings. The van der Waals surface area contributed by atoms with Crippen LogP contribution in [0.1, 0.15) is 0 Å². The van der Waals surface area contributed by atoms with Gasteiger partial charge in [-0.05, 0) is 42.5 Å². The van der Waals surface area contributed by atoms with Crippen molar-refractivity contribution in [3.63, 3.8) is 0 Å². The molecule has 3 aromatic rings. The zero-order valence-corrected chi connectivity index (χ0v) is 11.8. The SMILES string of the molecule is N#CC(C#N)=NNc1ccc2nc(-c3ccc(O)cc3)[nH]c2c1. The standard InChI is InChI=1S/C16H10N6O/c17-8-12(9-18)22-21-11-3-6-14-15(7-11)20-16(19-14)10-1-4-13(23)5-2-10/h1-7,21,23H,(H,19,20). The van der Waals surface area contributed by atoms with Crippen molar-refractivity contribution in [2.24, 2.45) is 5.10 Å². The molecule has 0 aliphatic carbocycles. The van der Waals surface area contributed by atoms with Gasteiger partial charge in [-0.3, -0.25) is 5.43 Å². The molecule has 0 bridgehead atoms. The molecule has 3 rings (SSSR count). The summed E-state index contributed by atoms with van der Waals surface area (Å²) in [7, 11) is 0. The number of hydrogen-bond donors (Lipinski definition) is 3. The summed E-state index contributed by atoms with van der Waals surface area (Å²) in [6.07, 6.45) is 0. The Bertz CT molecular complexity index is 956. The number of H-pyrrole nitrogens is 1. The quantitative estimate of drug-likeness (QED) is 0.507. The highest BCUT2D eigenvalue weighted by atomic mass is 16.3. The first kappa shape index (κ1) is 14.1. The number of benzene rings is 2. The maximum atomic E-state index is 9.33. The predicted molar refractivity (Wildman–Crippen MR) is 85.5 cm³/mol. The summed E-state index contributed by atoms with van der Waals surface area (Å²) in [5.74, 6) is 0.871. The number of hydrazone groups is 1. The second kappa shape index (κ2) is 5.88. The first-order valence-corrected chi connectivity index (χ1v) is 6.62. The van der Waals surface area contributed by atoms with E-state index < -0.39 is 0 Å². The first-order valence-electron chi connectivity index (χ1n) is 6.62. The molecule has 7 nitrogen and oxygen atoms in total. The van der Waals surface area contributed by atoms with Gasteiger partial charge >= 0.3 is 0 Å². The summed E-state index contributed by atoms with van der Waals surface area (Å²) >= 11 is 0. The number of aromatic amines is 1. The van der Waals surface area contributed by atoms with Gasteiger partial charge in [0, 0.05) is 5.56 Å². The maximum Gasteiger partial charge on any atom is 0.237 e. The van der Waals surface area contributed by atoms with Crippen molar-refractivity contribution < 1.29 is 5.11 Å². The van der Waals surface area contributed by atoms with E-state index in [1.807, 2.05) is 0 Å². The maximum absolute atomic E-state index is 9.33. The molecule has 0 unspecified atom stereocenters. The van der Waals surface area contributed by atoms with Crippen LogP contribution in [0.2, 0.25) is 0 Å². The number of phenols is 1. The molecule has 2 aromatic carbocycles. The first-order chi connectivity index (χ1) is 11.2. The normalized spacial score (nSPS) is 9.83. The minimum atomic E-state index is -0.250. The van der Waals surface area contributed by atoms with Crippen LogP contribution in [0.5, 0.6) is 5.75 Å². The predicted octanol–water partition coefficient (Wildman–Crippen LogP) is 2.75. The summed E-state index contributed by atoms with van der Waals surface area (Å²) < 4.78 is 0. The minimum absolute atomic E-state index is 0.194. The number of anilines is 1. The molecule has 0 radical (unpaired) electrons. The number of aromatic nitrogens is 2. The minimum Gasteiger partial charge on any atom is -0.508 e. The van der Waals surface area contributed by atoms with E-state index in [4.69, 9.17) is 10.5 Å². The van der Waals surface area contributed by atoms with E-state index in [0.717, 1.165) is 16.6 Å². The van der Waals surface area contributed by atoms with Crippen LogP contribution in [0.4, 0.5) is 5.69 Å². The molecule has 0 amide bonds. The zero-order chi connectivity index (χ0) is 16.2. The number of hydrogen-bond acceptors (Lipinski definition) is 6. The summed E-state index contributed by atoms with van der Waals surface area (Å²) in [5, 5.41) is 30.3. The Balaban J connectivity index is 1.92. The summed E-state index contributed by atoms with van der Waals surface area (Å²) in [5.41, 5.74) is 5.43. The lowest BCUT2D eigenvalue weighted by Crippen LogP contribution is -1.96. The lowest BCUT2D eigenvalue weighted by atomic mass is 10.2. The van der Waals surface area contributed by atoms with Gasteiger partial charge in [0.2, 0.25) is 5.71 Å². The highest BCUT2D eigenvalue weighted by Crippen LogP contribution is 2.24. The van der Waals surface area contributed by atoms with Crippen LogP contribution >= 0.6 is 0 Å². The van der Waals surface area contributed by atoms with E-state index in [1.54, 1.807) is 54.6 Å². The number of fused-ring (bicyclic) bond motifs is 1. The van der Waals surface area contributed by atoms with E-state index >= 15 is 0 Å². The van der Waals surface area contributed by atoms with Crippen molar-refractivity contribution in [1.29, 1.82) is 10.5 Å². The largest absolute Gasteiger partial charge is 0.508 e. The van der Waals surface area contributed by atoms with Crippen molar-refractivity contribution in [2.75, 3.05) is 5.43 Å².